The SMILES string of the molecule is CCCN(CCO)c1ccc(N=Nc2ccc([N+](=O)[O-])cc2)cc1. The number of hydrogen-bond donors (Lipinski definition) is 1. The molecule has 0 saturated heterocycles. The summed E-state index contributed by atoms with van der Waals surface area (Å²) in [4.78, 5) is 12.3. The Balaban J connectivity index is 2.06. The second-order valence-corrected chi connectivity index (χ2v) is 5.20. The third kappa shape index (κ3) is 4.85. The van der Waals surface area contributed by atoms with Gasteiger partial charge >= 0.3 is 0 Å². The van der Waals surface area contributed by atoms with Crippen molar-refractivity contribution >= 4 is 22.7 Å². The van der Waals surface area contributed by atoms with Crippen LogP contribution in [0.1, 0.15) is 13.3 Å². The van der Waals surface area contributed by atoms with Gasteiger partial charge in [0.1, 0.15) is 0 Å². The third-order valence-electron chi connectivity index (χ3n) is 3.42. The van der Waals surface area contributed by atoms with Gasteiger partial charge in [0.05, 0.1) is 22.9 Å². The molecule has 0 aliphatic rings. The number of non-ortho nitro benzene ring substituents is 1. The Bertz CT molecular complexity index is 678. The van der Waals surface area contributed by atoms with Crippen molar-refractivity contribution in [1.82, 2.24) is 0 Å². The van der Waals surface area contributed by atoms with Crippen LogP contribution in [0, 0.1) is 10.1 Å². The molecule has 0 saturated carbocycles. The van der Waals surface area contributed by atoms with Crippen molar-refractivity contribution < 1.29 is 10.0 Å². The molecule has 0 aliphatic carbocycles. The van der Waals surface area contributed by atoms with Crippen LogP contribution in [0.15, 0.2) is 58.8 Å². The van der Waals surface area contributed by atoms with E-state index in [0.29, 0.717) is 17.9 Å². The molecule has 0 aromatic heterocycles. The molecule has 0 aliphatic heterocycles. The van der Waals surface area contributed by atoms with Crippen LogP contribution in [0.2, 0.25) is 0 Å². The molecule has 0 bridgehead atoms. The summed E-state index contributed by atoms with van der Waals surface area (Å²) in [6.07, 6.45) is 1.00. The van der Waals surface area contributed by atoms with E-state index in [-0.39, 0.29) is 12.3 Å². The molecule has 126 valence electrons. The van der Waals surface area contributed by atoms with Crippen LogP contribution in [0.3, 0.4) is 0 Å². The molecule has 1 N–H and O–H groups in total. The number of nitro benzene ring substituents is 1. The van der Waals surface area contributed by atoms with E-state index in [1.165, 1.54) is 12.1 Å². The number of azo groups is 1. The summed E-state index contributed by atoms with van der Waals surface area (Å²) in [5, 5.41) is 27.9. The zero-order valence-electron chi connectivity index (χ0n) is 13.5. The van der Waals surface area contributed by atoms with Crippen molar-refractivity contribution in [2.45, 2.75) is 13.3 Å². The van der Waals surface area contributed by atoms with Crippen molar-refractivity contribution in [2.24, 2.45) is 10.2 Å². The van der Waals surface area contributed by atoms with E-state index in [9.17, 15) is 10.1 Å². The maximum absolute atomic E-state index is 10.6. The van der Waals surface area contributed by atoms with Gasteiger partial charge in [-0.25, -0.2) is 0 Å². The number of anilines is 1. The lowest BCUT2D eigenvalue weighted by molar-refractivity contribution is -0.384. The number of rotatable bonds is 8. The average molecular weight is 328 g/mol. The molecular formula is C17H20N4O3. The van der Waals surface area contributed by atoms with Gasteiger partial charge in [0.15, 0.2) is 0 Å². The highest BCUT2D eigenvalue weighted by atomic mass is 16.6. The van der Waals surface area contributed by atoms with Gasteiger partial charge in [-0.1, -0.05) is 6.92 Å². The van der Waals surface area contributed by atoms with Gasteiger partial charge in [0, 0.05) is 30.9 Å². The fourth-order valence-corrected chi connectivity index (χ4v) is 2.25. The molecule has 0 fully saturated rings. The van der Waals surface area contributed by atoms with Crippen LogP contribution >= 0.6 is 0 Å². The summed E-state index contributed by atoms with van der Waals surface area (Å²) in [5.41, 5.74) is 2.30. The van der Waals surface area contributed by atoms with E-state index in [1.807, 2.05) is 24.3 Å². The molecule has 7 heteroatoms. The van der Waals surface area contributed by atoms with Crippen LogP contribution in [-0.4, -0.2) is 29.7 Å². The van der Waals surface area contributed by atoms with Crippen molar-refractivity contribution in [3.05, 3.63) is 58.6 Å². The molecule has 0 amide bonds. The monoisotopic (exact) mass is 328 g/mol. The van der Waals surface area contributed by atoms with E-state index in [1.54, 1.807) is 12.1 Å². The van der Waals surface area contributed by atoms with E-state index in [0.717, 1.165) is 18.7 Å². The van der Waals surface area contributed by atoms with Crippen LogP contribution in [0.5, 0.6) is 0 Å². The summed E-state index contributed by atoms with van der Waals surface area (Å²) in [6.45, 7) is 3.68. The molecule has 24 heavy (non-hydrogen) atoms. The van der Waals surface area contributed by atoms with Crippen LogP contribution < -0.4 is 4.90 Å². The van der Waals surface area contributed by atoms with Crippen molar-refractivity contribution in [1.29, 1.82) is 0 Å². The summed E-state index contributed by atoms with van der Waals surface area (Å²) >= 11 is 0. The predicted molar refractivity (Wildman–Crippen MR) is 93.3 cm³/mol. The van der Waals surface area contributed by atoms with Crippen molar-refractivity contribution in [3.8, 4) is 0 Å². The van der Waals surface area contributed by atoms with Gasteiger partial charge in [-0.3, -0.25) is 10.1 Å². The molecule has 2 aromatic rings. The highest BCUT2D eigenvalue weighted by Crippen LogP contribution is 2.23. The van der Waals surface area contributed by atoms with E-state index in [4.69, 9.17) is 5.11 Å². The molecule has 0 heterocycles. The van der Waals surface area contributed by atoms with Crippen molar-refractivity contribution in [3.63, 3.8) is 0 Å². The Labute approximate surface area is 140 Å². The maximum atomic E-state index is 10.6. The molecule has 0 atom stereocenters. The first-order valence-corrected chi connectivity index (χ1v) is 7.76. The third-order valence-corrected chi connectivity index (χ3v) is 3.42. The minimum atomic E-state index is -0.450. The van der Waals surface area contributed by atoms with Crippen molar-refractivity contribution in [2.75, 3.05) is 24.6 Å². The number of hydrogen-bond acceptors (Lipinski definition) is 6. The molecule has 0 spiro atoms. The number of aliphatic hydroxyl groups excluding tert-OH is 1. The van der Waals surface area contributed by atoms with E-state index in [2.05, 4.69) is 22.1 Å². The highest BCUT2D eigenvalue weighted by Gasteiger charge is 2.05. The summed E-state index contributed by atoms with van der Waals surface area (Å²) < 4.78 is 0. The van der Waals surface area contributed by atoms with Crippen LogP contribution in [0.4, 0.5) is 22.7 Å². The van der Waals surface area contributed by atoms with Gasteiger partial charge in [-0.05, 0) is 42.8 Å². The van der Waals surface area contributed by atoms with E-state index < -0.39 is 4.92 Å². The molecule has 0 unspecified atom stereocenters. The first-order chi connectivity index (χ1) is 11.6. The minimum absolute atomic E-state index is 0.0261. The molecule has 2 aromatic carbocycles. The first-order valence-electron chi connectivity index (χ1n) is 7.76. The average Bonchev–Trinajstić information content (AvgIpc) is 2.60. The van der Waals surface area contributed by atoms with Gasteiger partial charge in [0.25, 0.3) is 5.69 Å². The number of nitro groups is 1. The Hall–Kier alpha value is -2.80. The Morgan fingerprint density at radius 2 is 1.54 bits per heavy atom. The first kappa shape index (κ1) is 17.6. The van der Waals surface area contributed by atoms with Gasteiger partial charge in [-0.2, -0.15) is 10.2 Å². The standard InChI is InChI=1S/C17H20N4O3/c1-2-11-20(12-13-22)16-7-3-14(4-8-16)18-19-15-5-9-17(10-6-15)21(23)24/h3-10,22H,2,11-13H2,1H3. The summed E-state index contributed by atoms with van der Waals surface area (Å²) in [7, 11) is 0. The topological polar surface area (TPSA) is 91.3 Å². The van der Waals surface area contributed by atoms with E-state index >= 15 is 0 Å². The predicted octanol–water partition coefficient (Wildman–Crippen LogP) is 4.22. The number of benzene rings is 2. The maximum Gasteiger partial charge on any atom is 0.269 e. The van der Waals surface area contributed by atoms with Gasteiger partial charge < -0.3 is 10.0 Å². The fourth-order valence-electron chi connectivity index (χ4n) is 2.25. The lowest BCUT2D eigenvalue weighted by Gasteiger charge is -2.23. The summed E-state index contributed by atoms with van der Waals surface area (Å²) in [5.74, 6) is 0. The Kier molecular flexibility index (Phi) is 6.39. The quantitative estimate of drug-likeness (QED) is 0.446. The van der Waals surface area contributed by atoms with Crippen LogP contribution in [-0.2, 0) is 0 Å². The lowest BCUT2D eigenvalue weighted by Crippen LogP contribution is -2.27. The lowest BCUT2D eigenvalue weighted by atomic mass is 10.2. The second kappa shape index (κ2) is 8.73. The van der Waals surface area contributed by atoms with Gasteiger partial charge in [-0.15, -0.1) is 0 Å². The Morgan fingerprint density at radius 3 is 2.00 bits per heavy atom. The normalized spacial score (nSPS) is 10.9. The zero-order valence-corrected chi connectivity index (χ0v) is 13.5. The molecular weight excluding hydrogens is 308 g/mol. The molecule has 2 rings (SSSR count). The number of aliphatic hydroxyl groups is 1. The fraction of sp³-hybridized carbons (Fsp3) is 0.294. The Morgan fingerprint density at radius 1 is 1.00 bits per heavy atom. The summed E-state index contributed by atoms with van der Waals surface area (Å²) in [6, 6.07) is 13.5. The molecule has 7 nitrogen and oxygen atoms in total. The highest BCUT2D eigenvalue weighted by molar-refractivity contribution is 5.53. The second-order valence-electron chi connectivity index (χ2n) is 5.20. The molecule has 0 radical (unpaired) electrons. The minimum Gasteiger partial charge on any atom is -0.395 e. The number of nitrogens with zero attached hydrogens (tertiary/aromatic N) is 4. The smallest absolute Gasteiger partial charge is 0.269 e. The van der Waals surface area contributed by atoms with Gasteiger partial charge in [0.2, 0.25) is 0 Å². The largest absolute Gasteiger partial charge is 0.395 e. The zero-order chi connectivity index (χ0) is 17.4. The van der Waals surface area contributed by atoms with Crippen LogP contribution in [0.25, 0.3) is 0 Å².